The summed E-state index contributed by atoms with van der Waals surface area (Å²) in [5.74, 6) is -0.857. The number of carbonyl (C=O) groups is 1. The fraction of sp³-hybridized carbons (Fsp3) is 0.267. The fourth-order valence-electron chi connectivity index (χ4n) is 2.34. The quantitative estimate of drug-likeness (QED) is 0.918. The van der Waals surface area contributed by atoms with E-state index in [1.54, 1.807) is 6.07 Å². The molecule has 1 saturated carbocycles. The Hall–Kier alpha value is -1.55. The maximum absolute atomic E-state index is 11.3. The van der Waals surface area contributed by atoms with Crippen molar-refractivity contribution in [3.63, 3.8) is 0 Å². The Morgan fingerprint density at radius 2 is 2.05 bits per heavy atom. The maximum atomic E-state index is 11.3. The number of aromatic carboxylic acids is 1. The number of carboxylic acids is 1. The lowest BCUT2D eigenvalue weighted by Crippen LogP contribution is -2.08. The second-order valence-corrected chi connectivity index (χ2v) is 5.83. The number of hydrogen-bond acceptors (Lipinski definition) is 1. The summed E-state index contributed by atoms with van der Waals surface area (Å²) >= 11 is 3.53. The van der Waals surface area contributed by atoms with Gasteiger partial charge in [-0.25, -0.2) is 4.79 Å². The number of aryl methyl sites for hydroxylation is 1. The Bertz CT molecular complexity index is 656. The minimum Gasteiger partial charge on any atom is -0.477 e. The van der Waals surface area contributed by atoms with E-state index in [1.165, 1.54) is 5.56 Å². The summed E-state index contributed by atoms with van der Waals surface area (Å²) in [6.45, 7) is 2.04. The van der Waals surface area contributed by atoms with Gasteiger partial charge in [0, 0.05) is 16.2 Å². The lowest BCUT2D eigenvalue weighted by atomic mass is 10.1. The second kappa shape index (κ2) is 4.53. The number of aromatic nitrogens is 1. The van der Waals surface area contributed by atoms with Crippen LogP contribution in [0.2, 0.25) is 0 Å². The van der Waals surface area contributed by atoms with Crippen molar-refractivity contribution in [1.29, 1.82) is 0 Å². The molecule has 1 aliphatic carbocycles. The van der Waals surface area contributed by atoms with E-state index >= 15 is 0 Å². The molecule has 1 aliphatic rings. The van der Waals surface area contributed by atoms with Crippen LogP contribution in [0.15, 0.2) is 34.8 Å². The number of halogens is 1. The Morgan fingerprint density at radius 3 is 2.63 bits per heavy atom. The number of benzene rings is 1. The van der Waals surface area contributed by atoms with Gasteiger partial charge in [0.1, 0.15) is 5.69 Å². The molecule has 3 nitrogen and oxygen atoms in total. The second-order valence-electron chi connectivity index (χ2n) is 4.97. The lowest BCUT2D eigenvalue weighted by molar-refractivity contribution is 0.0685. The SMILES string of the molecule is Cc1ccc(-c2ccc(C(=O)O)n2C2CC2)cc1Br. The molecule has 0 atom stereocenters. The van der Waals surface area contributed by atoms with E-state index in [2.05, 4.69) is 22.0 Å². The van der Waals surface area contributed by atoms with Gasteiger partial charge in [0.05, 0.1) is 0 Å². The van der Waals surface area contributed by atoms with E-state index in [-0.39, 0.29) is 0 Å². The Labute approximate surface area is 120 Å². The van der Waals surface area contributed by atoms with Crippen molar-refractivity contribution < 1.29 is 9.90 Å². The van der Waals surface area contributed by atoms with Gasteiger partial charge in [0.25, 0.3) is 0 Å². The van der Waals surface area contributed by atoms with E-state index in [0.29, 0.717) is 11.7 Å². The van der Waals surface area contributed by atoms with Crippen molar-refractivity contribution in [2.24, 2.45) is 0 Å². The average Bonchev–Trinajstić information content (AvgIpc) is 3.11. The summed E-state index contributed by atoms with van der Waals surface area (Å²) in [6, 6.07) is 10.1. The Kier molecular flexibility index (Phi) is 2.97. The molecule has 1 aromatic carbocycles. The summed E-state index contributed by atoms with van der Waals surface area (Å²) in [5.41, 5.74) is 3.60. The minimum absolute atomic E-state index is 0.344. The zero-order chi connectivity index (χ0) is 13.6. The van der Waals surface area contributed by atoms with Crippen LogP contribution in [0.3, 0.4) is 0 Å². The van der Waals surface area contributed by atoms with E-state index < -0.39 is 5.97 Å². The van der Waals surface area contributed by atoms with Gasteiger partial charge in [-0.05, 0) is 49.1 Å². The number of rotatable bonds is 3. The van der Waals surface area contributed by atoms with Gasteiger partial charge in [-0.2, -0.15) is 0 Å². The maximum Gasteiger partial charge on any atom is 0.352 e. The number of nitrogens with zero attached hydrogens (tertiary/aromatic N) is 1. The highest BCUT2D eigenvalue weighted by Crippen LogP contribution is 2.41. The van der Waals surface area contributed by atoms with Gasteiger partial charge in [-0.1, -0.05) is 28.1 Å². The smallest absolute Gasteiger partial charge is 0.352 e. The molecule has 0 amide bonds. The molecule has 1 heterocycles. The average molecular weight is 320 g/mol. The predicted molar refractivity (Wildman–Crippen MR) is 77.5 cm³/mol. The van der Waals surface area contributed by atoms with E-state index in [0.717, 1.165) is 28.6 Å². The molecule has 0 spiro atoms. The highest BCUT2D eigenvalue weighted by atomic mass is 79.9. The van der Waals surface area contributed by atoms with Crippen LogP contribution in [0, 0.1) is 6.92 Å². The third-order valence-corrected chi connectivity index (χ3v) is 4.37. The monoisotopic (exact) mass is 319 g/mol. The molecule has 1 aromatic heterocycles. The molecule has 1 N–H and O–H groups in total. The minimum atomic E-state index is -0.857. The Morgan fingerprint density at radius 1 is 1.32 bits per heavy atom. The highest BCUT2D eigenvalue weighted by molar-refractivity contribution is 9.10. The van der Waals surface area contributed by atoms with Crippen molar-refractivity contribution in [3.05, 3.63) is 46.1 Å². The summed E-state index contributed by atoms with van der Waals surface area (Å²) in [6.07, 6.45) is 2.13. The highest BCUT2D eigenvalue weighted by Gasteiger charge is 2.29. The lowest BCUT2D eigenvalue weighted by Gasteiger charge is -2.11. The fourth-order valence-corrected chi connectivity index (χ4v) is 2.71. The molecular weight excluding hydrogens is 306 g/mol. The molecule has 0 bridgehead atoms. The van der Waals surface area contributed by atoms with Crippen LogP contribution in [-0.4, -0.2) is 15.6 Å². The number of carboxylic acid groups (broad SMARTS) is 1. The molecule has 0 radical (unpaired) electrons. The van der Waals surface area contributed by atoms with E-state index in [9.17, 15) is 9.90 Å². The van der Waals surface area contributed by atoms with Crippen LogP contribution in [0.1, 0.15) is 34.9 Å². The molecule has 0 saturated heterocycles. The van der Waals surface area contributed by atoms with Crippen molar-refractivity contribution in [3.8, 4) is 11.3 Å². The van der Waals surface area contributed by atoms with Gasteiger partial charge in [0.2, 0.25) is 0 Å². The van der Waals surface area contributed by atoms with Crippen molar-refractivity contribution in [1.82, 2.24) is 4.57 Å². The van der Waals surface area contributed by atoms with Crippen LogP contribution >= 0.6 is 15.9 Å². The molecule has 0 aliphatic heterocycles. The third kappa shape index (κ3) is 2.21. The van der Waals surface area contributed by atoms with Gasteiger partial charge < -0.3 is 9.67 Å². The standard InChI is InChI=1S/C15H14BrNO2/c1-9-2-3-10(8-12(9)16)13-6-7-14(15(18)19)17(13)11-4-5-11/h2-3,6-8,11H,4-5H2,1H3,(H,18,19). The zero-order valence-electron chi connectivity index (χ0n) is 10.6. The molecule has 3 rings (SSSR count). The van der Waals surface area contributed by atoms with Crippen LogP contribution in [0.5, 0.6) is 0 Å². The van der Waals surface area contributed by atoms with Gasteiger partial charge in [-0.15, -0.1) is 0 Å². The van der Waals surface area contributed by atoms with Crippen LogP contribution < -0.4 is 0 Å². The first-order valence-corrected chi connectivity index (χ1v) is 7.08. The van der Waals surface area contributed by atoms with Gasteiger partial charge in [0.15, 0.2) is 0 Å². The first-order valence-electron chi connectivity index (χ1n) is 6.29. The summed E-state index contributed by atoms with van der Waals surface area (Å²) in [4.78, 5) is 11.3. The molecule has 2 aromatic rings. The first-order chi connectivity index (χ1) is 9.08. The first kappa shape index (κ1) is 12.5. The molecule has 98 valence electrons. The third-order valence-electron chi connectivity index (χ3n) is 3.52. The Balaban J connectivity index is 2.14. The largest absolute Gasteiger partial charge is 0.477 e. The van der Waals surface area contributed by atoms with Crippen LogP contribution in [0.25, 0.3) is 11.3 Å². The zero-order valence-corrected chi connectivity index (χ0v) is 12.1. The van der Waals surface area contributed by atoms with Gasteiger partial charge >= 0.3 is 5.97 Å². The van der Waals surface area contributed by atoms with E-state index in [1.807, 2.05) is 29.7 Å². The summed E-state index contributed by atoms with van der Waals surface area (Å²) in [7, 11) is 0. The summed E-state index contributed by atoms with van der Waals surface area (Å²) < 4.78 is 3.00. The van der Waals surface area contributed by atoms with Crippen molar-refractivity contribution >= 4 is 21.9 Å². The molecular formula is C15H14BrNO2. The van der Waals surface area contributed by atoms with Crippen LogP contribution in [0.4, 0.5) is 0 Å². The topological polar surface area (TPSA) is 42.2 Å². The number of hydrogen-bond donors (Lipinski definition) is 1. The molecule has 19 heavy (non-hydrogen) atoms. The normalized spacial score (nSPS) is 14.6. The summed E-state index contributed by atoms with van der Waals surface area (Å²) in [5, 5.41) is 9.27. The van der Waals surface area contributed by atoms with Crippen molar-refractivity contribution in [2.45, 2.75) is 25.8 Å². The van der Waals surface area contributed by atoms with Crippen molar-refractivity contribution in [2.75, 3.05) is 0 Å². The van der Waals surface area contributed by atoms with Gasteiger partial charge in [-0.3, -0.25) is 0 Å². The molecule has 4 heteroatoms. The molecule has 0 unspecified atom stereocenters. The van der Waals surface area contributed by atoms with Crippen LogP contribution in [-0.2, 0) is 0 Å². The van der Waals surface area contributed by atoms with E-state index in [4.69, 9.17) is 0 Å². The molecule has 1 fully saturated rings. The predicted octanol–water partition coefficient (Wildman–Crippen LogP) is 4.26.